The molecule has 0 fully saturated rings. The molecule has 2 N–H and O–H groups in total. The molecule has 0 heterocycles. The van der Waals surface area contributed by atoms with Gasteiger partial charge in [0.1, 0.15) is 6.23 Å². The fraction of sp³-hybridized carbons (Fsp3) is 1.00. The monoisotopic (exact) mass is 193 g/mol. The van der Waals surface area contributed by atoms with Crippen LogP contribution in [0.1, 0.15) is 6.92 Å². The van der Waals surface area contributed by atoms with Gasteiger partial charge in [0.15, 0.2) is 6.29 Å². The van der Waals surface area contributed by atoms with Crippen molar-refractivity contribution in [2.75, 3.05) is 33.9 Å². The lowest BCUT2D eigenvalue weighted by atomic mass is 10.5. The van der Waals surface area contributed by atoms with E-state index in [1.54, 1.807) is 0 Å². The summed E-state index contributed by atoms with van der Waals surface area (Å²) in [6.07, 6.45) is -1.10. The molecule has 0 aliphatic heterocycles. The first kappa shape index (κ1) is 12.8. The minimum atomic E-state index is -0.675. The van der Waals surface area contributed by atoms with Crippen molar-refractivity contribution in [1.29, 1.82) is 0 Å². The molecule has 13 heavy (non-hydrogen) atoms. The summed E-state index contributed by atoms with van der Waals surface area (Å²) in [5.41, 5.74) is 0. The molecule has 0 aromatic heterocycles. The van der Waals surface area contributed by atoms with Gasteiger partial charge in [-0.05, 0) is 13.6 Å². The Morgan fingerprint density at radius 2 is 1.92 bits per heavy atom. The maximum absolute atomic E-state index is 8.96. The highest BCUT2D eigenvalue weighted by molar-refractivity contribution is 4.56. The second-order valence-corrected chi connectivity index (χ2v) is 2.69. The Hall–Kier alpha value is -0.200. The van der Waals surface area contributed by atoms with Gasteiger partial charge in [0.25, 0.3) is 0 Å². The van der Waals surface area contributed by atoms with Crippen molar-refractivity contribution in [2.45, 2.75) is 19.4 Å². The molecule has 0 bridgehead atoms. The Morgan fingerprint density at radius 1 is 1.31 bits per heavy atom. The molecular weight excluding hydrogens is 174 g/mol. The summed E-state index contributed by atoms with van der Waals surface area (Å²) in [5, 5.41) is 17.7. The van der Waals surface area contributed by atoms with Crippen molar-refractivity contribution in [3.8, 4) is 0 Å². The van der Waals surface area contributed by atoms with Crippen molar-refractivity contribution < 1.29 is 19.7 Å². The lowest BCUT2D eigenvalue weighted by Crippen LogP contribution is -2.41. The molecule has 0 radical (unpaired) electrons. The van der Waals surface area contributed by atoms with Crippen LogP contribution in [0.4, 0.5) is 0 Å². The van der Waals surface area contributed by atoms with Gasteiger partial charge in [-0.15, -0.1) is 0 Å². The molecule has 0 saturated carbocycles. The topological polar surface area (TPSA) is 62.2 Å². The molecular formula is C8H19NO4. The molecule has 5 heteroatoms. The lowest BCUT2D eigenvalue weighted by molar-refractivity contribution is -0.214. The van der Waals surface area contributed by atoms with Crippen molar-refractivity contribution in [3.63, 3.8) is 0 Å². The predicted molar refractivity (Wildman–Crippen MR) is 48.1 cm³/mol. The van der Waals surface area contributed by atoms with Gasteiger partial charge in [0.2, 0.25) is 0 Å². The van der Waals surface area contributed by atoms with E-state index in [0.717, 1.165) is 6.54 Å². The number of methoxy groups -OCH3 is 1. The van der Waals surface area contributed by atoms with Gasteiger partial charge < -0.3 is 19.7 Å². The zero-order chi connectivity index (χ0) is 10.3. The second-order valence-electron chi connectivity index (χ2n) is 2.69. The van der Waals surface area contributed by atoms with Crippen LogP contribution in [-0.4, -0.2) is 61.5 Å². The SMILES string of the molecule is CCN(C)C(CO)OC(CO)OC. The predicted octanol–water partition coefficient (Wildman–Crippen LogP) is -0.762. The summed E-state index contributed by atoms with van der Waals surface area (Å²) in [4.78, 5) is 1.82. The minimum absolute atomic E-state index is 0.121. The number of aliphatic hydroxyl groups is 2. The van der Waals surface area contributed by atoms with Gasteiger partial charge in [-0.3, -0.25) is 4.90 Å². The third kappa shape index (κ3) is 4.54. The summed E-state index contributed by atoms with van der Waals surface area (Å²) in [7, 11) is 3.27. The average Bonchev–Trinajstić information content (AvgIpc) is 2.19. The van der Waals surface area contributed by atoms with Crippen molar-refractivity contribution in [2.24, 2.45) is 0 Å². The van der Waals surface area contributed by atoms with Gasteiger partial charge in [0.05, 0.1) is 13.2 Å². The molecule has 0 aromatic carbocycles. The first-order chi connectivity index (χ1) is 6.19. The minimum Gasteiger partial charge on any atom is -0.392 e. The molecule has 2 unspecified atom stereocenters. The van der Waals surface area contributed by atoms with Crippen molar-refractivity contribution in [3.05, 3.63) is 0 Å². The Kier molecular flexibility index (Phi) is 7.12. The number of hydrogen-bond donors (Lipinski definition) is 2. The summed E-state index contributed by atoms with van der Waals surface area (Å²) in [6.45, 7) is 2.37. The van der Waals surface area contributed by atoms with E-state index in [1.165, 1.54) is 7.11 Å². The molecule has 80 valence electrons. The van der Waals surface area contributed by atoms with E-state index in [4.69, 9.17) is 19.7 Å². The van der Waals surface area contributed by atoms with Gasteiger partial charge >= 0.3 is 0 Å². The Bertz CT molecular complexity index is 119. The van der Waals surface area contributed by atoms with E-state index in [0.29, 0.717) is 0 Å². The highest BCUT2D eigenvalue weighted by Crippen LogP contribution is 2.02. The Balaban J connectivity index is 3.94. The smallest absolute Gasteiger partial charge is 0.182 e. The van der Waals surface area contributed by atoms with Gasteiger partial charge in [0, 0.05) is 7.11 Å². The molecule has 0 rings (SSSR count). The number of aliphatic hydroxyl groups excluding tert-OH is 2. The first-order valence-electron chi connectivity index (χ1n) is 4.29. The number of likely N-dealkylation sites (N-methyl/N-ethyl adjacent to an activating group) is 1. The van der Waals surface area contributed by atoms with E-state index in [1.807, 2.05) is 18.9 Å². The van der Waals surface area contributed by atoms with Crippen LogP contribution < -0.4 is 0 Å². The third-order valence-electron chi connectivity index (χ3n) is 1.87. The highest BCUT2D eigenvalue weighted by Gasteiger charge is 2.17. The van der Waals surface area contributed by atoms with E-state index in [-0.39, 0.29) is 13.2 Å². The number of nitrogens with zero attached hydrogens (tertiary/aromatic N) is 1. The number of ether oxygens (including phenoxy) is 2. The quantitative estimate of drug-likeness (QED) is 0.520. The largest absolute Gasteiger partial charge is 0.392 e. The maximum atomic E-state index is 8.96. The van der Waals surface area contributed by atoms with Crippen LogP contribution in [0, 0.1) is 0 Å². The molecule has 0 amide bonds. The zero-order valence-corrected chi connectivity index (χ0v) is 8.43. The van der Waals surface area contributed by atoms with E-state index < -0.39 is 12.5 Å². The van der Waals surface area contributed by atoms with Crippen LogP contribution in [0.5, 0.6) is 0 Å². The van der Waals surface area contributed by atoms with Crippen LogP contribution in [0.15, 0.2) is 0 Å². The van der Waals surface area contributed by atoms with E-state index in [2.05, 4.69) is 0 Å². The van der Waals surface area contributed by atoms with E-state index >= 15 is 0 Å². The summed E-state index contributed by atoms with van der Waals surface area (Å²) >= 11 is 0. The average molecular weight is 193 g/mol. The molecule has 5 nitrogen and oxygen atoms in total. The number of rotatable bonds is 7. The third-order valence-corrected chi connectivity index (χ3v) is 1.87. The van der Waals surface area contributed by atoms with Crippen molar-refractivity contribution in [1.82, 2.24) is 4.90 Å². The first-order valence-corrected chi connectivity index (χ1v) is 4.29. The highest BCUT2D eigenvalue weighted by atomic mass is 16.7. The van der Waals surface area contributed by atoms with Gasteiger partial charge in [-0.1, -0.05) is 6.92 Å². The molecule has 2 atom stereocenters. The molecule has 0 aliphatic carbocycles. The fourth-order valence-corrected chi connectivity index (χ4v) is 0.838. The molecule has 0 saturated heterocycles. The van der Waals surface area contributed by atoms with Crippen LogP contribution >= 0.6 is 0 Å². The second kappa shape index (κ2) is 7.23. The standard InChI is InChI=1S/C8H19NO4/c1-4-9(2)7(5-10)13-8(6-11)12-3/h7-8,10-11H,4-6H2,1-3H3. The van der Waals surface area contributed by atoms with Crippen molar-refractivity contribution >= 4 is 0 Å². The molecule has 0 aliphatic rings. The summed E-state index contributed by atoms with van der Waals surface area (Å²) < 4.78 is 10.1. The summed E-state index contributed by atoms with van der Waals surface area (Å²) in [5.74, 6) is 0. The van der Waals surface area contributed by atoms with Crippen LogP contribution in [0.25, 0.3) is 0 Å². The maximum Gasteiger partial charge on any atom is 0.182 e. The number of hydrogen-bond acceptors (Lipinski definition) is 5. The Labute approximate surface area is 78.9 Å². The molecule has 0 aromatic rings. The van der Waals surface area contributed by atoms with Crippen LogP contribution in [0.2, 0.25) is 0 Å². The Morgan fingerprint density at radius 3 is 2.23 bits per heavy atom. The lowest BCUT2D eigenvalue weighted by Gasteiger charge is -2.28. The van der Waals surface area contributed by atoms with E-state index in [9.17, 15) is 0 Å². The fourth-order valence-electron chi connectivity index (χ4n) is 0.838. The normalized spacial score (nSPS) is 16.2. The van der Waals surface area contributed by atoms with Crippen LogP contribution in [0.3, 0.4) is 0 Å². The summed E-state index contributed by atoms with van der Waals surface area (Å²) in [6, 6.07) is 0. The molecule has 0 spiro atoms. The van der Waals surface area contributed by atoms with Gasteiger partial charge in [-0.25, -0.2) is 0 Å². The van der Waals surface area contributed by atoms with Gasteiger partial charge in [-0.2, -0.15) is 0 Å². The zero-order valence-electron chi connectivity index (χ0n) is 8.43. The van der Waals surface area contributed by atoms with Crippen LogP contribution in [-0.2, 0) is 9.47 Å².